The van der Waals surface area contributed by atoms with Crippen molar-refractivity contribution in [1.29, 1.82) is 0 Å². The fourth-order valence-corrected chi connectivity index (χ4v) is 1.59. The Bertz CT molecular complexity index is 347. The third-order valence-electron chi connectivity index (χ3n) is 2.42. The molecule has 0 unspecified atom stereocenters. The lowest BCUT2D eigenvalue weighted by molar-refractivity contribution is 0.0718. The second-order valence-corrected chi connectivity index (χ2v) is 3.77. The maximum Gasteiger partial charge on any atom is 0.256 e. The summed E-state index contributed by atoms with van der Waals surface area (Å²) in [4.78, 5) is 13.9. The Morgan fingerprint density at radius 3 is 2.47 bits per heavy atom. The van der Waals surface area contributed by atoms with Gasteiger partial charge >= 0.3 is 0 Å². The second-order valence-electron chi connectivity index (χ2n) is 3.77. The quantitative estimate of drug-likeness (QED) is 0.770. The third-order valence-corrected chi connectivity index (χ3v) is 2.42. The zero-order valence-corrected chi connectivity index (χ0v) is 9.53. The molecule has 1 rings (SSSR count). The summed E-state index contributed by atoms with van der Waals surface area (Å²) in [5.74, 6) is 0.00519. The van der Waals surface area contributed by atoms with Gasteiger partial charge in [0, 0.05) is 18.3 Å². The minimum atomic E-state index is 0.00519. The van der Waals surface area contributed by atoms with Gasteiger partial charge in [0.05, 0.1) is 5.56 Å². The molecule has 0 saturated heterocycles. The first-order chi connectivity index (χ1) is 7.07. The Balaban J connectivity index is 2.98. The summed E-state index contributed by atoms with van der Waals surface area (Å²) >= 11 is 0. The number of benzene rings is 1. The number of para-hydroxylation sites is 1. The van der Waals surface area contributed by atoms with E-state index in [1.165, 1.54) is 0 Å². The minimum absolute atomic E-state index is 0.00519. The first-order valence-electron chi connectivity index (χ1n) is 5.23. The molecule has 1 aromatic rings. The van der Waals surface area contributed by atoms with Crippen LogP contribution in [0.3, 0.4) is 0 Å². The summed E-state index contributed by atoms with van der Waals surface area (Å²) in [6, 6.07) is 7.38. The minimum Gasteiger partial charge on any atom is -0.398 e. The molecule has 15 heavy (non-hydrogen) atoms. The molecule has 3 heteroatoms. The zero-order valence-electron chi connectivity index (χ0n) is 9.53. The maximum absolute atomic E-state index is 12.1. The number of nitrogens with zero attached hydrogens (tertiary/aromatic N) is 1. The molecule has 0 radical (unpaired) electrons. The highest BCUT2D eigenvalue weighted by Gasteiger charge is 2.18. The lowest BCUT2D eigenvalue weighted by Gasteiger charge is -2.25. The molecular weight excluding hydrogens is 188 g/mol. The largest absolute Gasteiger partial charge is 0.398 e. The van der Waals surface area contributed by atoms with Crippen molar-refractivity contribution in [1.82, 2.24) is 4.90 Å². The predicted octanol–water partition coefficient (Wildman–Crippen LogP) is 2.14. The summed E-state index contributed by atoms with van der Waals surface area (Å²) < 4.78 is 0. The van der Waals surface area contributed by atoms with E-state index in [-0.39, 0.29) is 11.9 Å². The van der Waals surface area contributed by atoms with Gasteiger partial charge in [-0.1, -0.05) is 12.1 Å². The smallest absolute Gasteiger partial charge is 0.256 e. The molecule has 0 aromatic heterocycles. The van der Waals surface area contributed by atoms with Crippen LogP contribution in [-0.2, 0) is 0 Å². The first kappa shape index (κ1) is 11.6. The van der Waals surface area contributed by atoms with Gasteiger partial charge in [-0.15, -0.1) is 0 Å². The molecule has 2 N–H and O–H groups in total. The molecule has 0 aliphatic heterocycles. The summed E-state index contributed by atoms with van der Waals surface area (Å²) in [7, 11) is 0. The lowest BCUT2D eigenvalue weighted by Crippen LogP contribution is -2.37. The van der Waals surface area contributed by atoms with Crippen molar-refractivity contribution >= 4 is 11.6 Å². The number of nitrogens with two attached hydrogens (primary N) is 1. The van der Waals surface area contributed by atoms with Crippen LogP contribution < -0.4 is 5.73 Å². The molecule has 0 saturated carbocycles. The van der Waals surface area contributed by atoms with Crippen LogP contribution in [0.4, 0.5) is 5.69 Å². The molecular formula is C12H18N2O. The molecule has 1 amide bonds. The average molecular weight is 206 g/mol. The van der Waals surface area contributed by atoms with Crippen molar-refractivity contribution in [3.63, 3.8) is 0 Å². The first-order valence-corrected chi connectivity index (χ1v) is 5.23. The van der Waals surface area contributed by atoms with Crippen molar-refractivity contribution in [2.45, 2.75) is 26.8 Å². The standard InChI is InChI=1S/C12H18N2O/c1-4-14(9(2)3)12(15)10-7-5-6-8-11(10)13/h5-9H,4,13H2,1-3H3. The van der Waals surface area contributed by atoms with Gasteiger partial charge in [0.25, 0.3) is 5.91 Å². The summed E-state index contributed by atoms with van der Waals surface area (Å²) in [5, 5.41) is 0. The Labute approximate surface area is 90.9 Å². The topological polar surface area (TPSA) is 46.3 Å². The SMILES string of the molecule is CCN(C(=O)c1ccccc1N)C(C)C. The Kier molecular flexibility index (Phi) is 3.72. The fourth-order valence-electron chi connectivity index (χ4n) is 1.59. The molecule has 0 aliphatic carbocycles. The highest BCUT2D eigenvalue weighted by molar-refractivity contribution is 5.99. The molecule has 1 aromatic carbocycles. The van der Waals surface area contributed by atoms with E-state index in [0.29, 0.717) is 17.8 Å². The Hall–Kier alpha value is -1.51. The molecule has 0 spiro atoms. The number of hydrogen-bond acceptors (Lipinski definition) is 2. The van der Waals surface area contributed by atoms with Gasteiger partial charge in [0.15, 0.2) is 0 Å². The highest BCUT2D eigenvalue weighted by atomic mass is 16.2. The van der Waals surface area contributed by atoms with E-state index in [9.17, 15) is 4.79 Å². The van der Waals surface area contributed by atoms with Gasteiger partial charge in [0.2, 0.25) is 0 Å². The molecule has 0 aliphatic rings. The zero-order chi connectivity index (χ0) is 11.4. The number of anilines is 1. The number of nitrogen functional groups attached to an aromatic ring is 1. The van der Waals surface area contributed by atoms with Gasteiger partial charge in [-0.05, 0) is 32.9 Å². The van der Waals surface area contributed by atoms with Gasteiger partial charge in [-0.2, -0.15) is 0 Å². The summed E-state index contributed by atoms with van der Waals surface area (Å²) in [5.41, 5.74) is 6.90. The second kappa shape index (κ2) is 4.82. The van der Waals surface area contributed by atoms with E-state index in [2.05, 4.69) is 0 Å². The maximum atomic E-state index is 12.1. The Morgan fingerprint density at radius 1 is 1.40 bits per heavy atom. The summed E-state index contributed by atoms with van der Waals surface area (Å²) in [6.45, 7) is 6.67. The third kappa shape index (κ3) is 2.49. The van der Waals surface area contributed by atoms with Crippen LogP contribution in [0.2, 0.25) is 0 Å². The van der Waals surface area contributed by atoms with E-state index in [0.717, 1.165) is 0 Å². The van der Waals surface area contributed by atoms with Crippen LogP contribution in [0.15, 0.2) is 24.3 Å². The van der Waals surface area contributed by atoms with E-state index in [1.807, 2.05) is 32.9 Å². The van der Waals surface area contributed by atoms with Crippen LogP contribution in [0, 0.1) is 0 Å². The number of amides is 1. The van der Waals surface area contributed by atoms with Crippen molar-refractivity contribution in [3.8, 4) is 0 Å². The van der Waals surface area contributed by atoms with E-state index in [1.54, 1.807) is 17.0 Å². The fraction of sp³-hybridized carbons (Fsp3) is 0.417. The number of carbonyl (C=O) groups is 1. The van der Waals surface area contributed by atoms with Gasteiger partial charge < -0.3 is 10.6 Å². The van der Waals surface area contributed by atoms with Crippen LogP contribution in [-0.4, -0.2) is 23.4 Å². The molecule has 82 valence electrons. The van der Waals surface area contributed by atoms with E-state index in [4.69, 9.17) is 5.73 Å². The van der Waals surface area contributed by atoms with Crippen molar-refractivity contribution < 1.29 is 4.79 Å². The van der Waals surface area contributed by atoms with Crippen LogP contribution in [0.25, 0.3) is 0 Å². The van der Waals surface area contributed by atoms with Gasteiger partial charge in [-0.25, -0.2) is 0 Å². The molecule has 0 heterocycles. The van der Waals surface area contributed by atoms with Crippen molar-refractivity contribution in [2.24, 2.45) is 0 Å². The number of rotatable bonds is 3. The van der Waals surface area contributed by atoms with Crippen LogP contribution in [0.5, 0.6) is 0 Å². The predicted molar refractivity (Wildman–Crippen MR) is 62.7 cm³/mol. The molecule has 3 nitrogen and oxygen atoms in total. The number of carbonyl (C=O) groups excluding carboxylic acids is 1. The highest BCUT2D eigenvalue weighted by Crippen LogP contribution is 2.14. The van der Waals surface area contributed by atoms with E-state index >= 15 is 0 Å². The average Bonchev–Trinajstić information content (AvgIpc) is 2.18. The normalized spacial score (nSPS) is 10.4. The molecule has 0 atom stereocenters. The summed E-state index contributed by atoms with van der Waals surface area (Å²) in [6.07, 6.45) is 0. The van der Waals surface area contributed by atoms with Gasteiger partial charge in [0.1, 0.15) is 0 Å². The number of hydrogen-bond donors (Lipinski definition) is 1. The lowest BCUT2D eigenvalue weighted by atomic mass is 10.1. The Morgan fingerprint density at radius 2 is 2.00 bits per heavy atom. The van der Waals surface area contributed by atoms with E-state index < -0.39 is 0 Å². The van der Waals surface area contributed by atoms with Crippen molar-refractivity contribution in [3.05, 3.63) is 29.8 Å². The van der Waals surface area contributed by atoms with Gasteiger partial charge in [-0.3, -0.25) is 4.79 Å². The molecule has 0 fully saturated rings. The monoisotopic (exact) mass is 206 g/mol. The van der Waals surface area contributed by atoms with Crippen LogP contribution in [0.1, 0.15) is 31.1 Å². The van der Waals surface area contributed by atoms with Crippen molar-refractivity contribution in [2.75, 3.05) is 12.3 Å². The molecule has 0 bridgehead atoms. The van der Waals surface area contributed by atoms with Crippen LogP contribution >= 0.6 is 0 Å².